The molecule has 1 heterocycles. The van der Waals surface area contributed by atoms with Crippen LogP contribution in [0.3, 0.4) is 0 Å². The molecule has 0 bridgehead atoms. The van der Waals surface area contributed by atoms with Gasteiger partial charge in [0.1, 0.15) is 23.2 Å². The summed E-state index contributed by atoms with van der Waals surface area (Å²) < 4.78 is 7.61. The van der Waals surface area contributed by atoms with Gasteiger partial charge in [0.2, 0.25) is 5.91 Å². The molecule has 0 aliphatic rings. The number of hydrogen-bond donors (Lipinski definition) is 5. The molecule has 0 radical (unpaired) electrons. The van der Waals surface area contributed by atoms with E-state index >= 15 is 0 Å². The number of carbonyl (C=O) groups excluding carboxylic acids is 1. The molecule has 1 aromatic heterocycles. The standard InChI is InChI=1S/C27H26N6O3/c1-15-21-10-9-20(36-19-4-2-3-18(11-19)26(31)32)12-23(21)33(27(35)22(15)13-24(28)34)14-16-5-7-17(8-6-16)25(29)30/h2-12H,13-14H2,1H3,(H2,28,34)(H3,29,30)(H3,31,32). The average Bonchev–Trinajstić information content (AvgIpc) is 2.84. The number of nitrogen functional groups attached to an aromatic ring is 2. The minimum atomic E-state index is -0.586. The molecule has 8 N–H and O–H groups in total. The van der Waals surface area contributed by atoms with Gasteiger partial charge in [-0.05, 0) is 42.3 Å². The van der Waals surface area contributed by atoms with Gasteiger partial charge in [-0.15, -0.1) is 0 Å². The zero-order valence-electron chi connectivity index (χ0n) is 19.7. The number of carbonyl (C=O) groups is 1. The fourth-order valence-electron chi connectivity index (χ4n) is 4.09. The second kappa shape index (κ2) is 9.75. The van der Waals surface area contributed by atoms with E-state index in [1.165, 1.54) is 0 Å². The van der Waals surface area contributed by atoms with Gasteiger partial charge in [-0.25, -0.2) is 0 Å². The van der Waals surface area contributed by atoms with Gasteiger partial charge in [-0.1, -0.05) is 36.4 Å². The van der Waals surface area contributed by atoms with Crippen LogP contribution < -0.4 is 27.5 Å². The SMILES string of the molecule is Cc1c(CC(N)=O)c(=O)n(Cc2ccc(C(=N)N)cc2)c2cc(Oc3cccc(C(=N)N)c3)ccc12. The van der Waals surface area contributed by atoms with Crippen molar-refractivity contribution in [1.29, 1.82) is 10.8 Å². The van der Waals surface area contributed by atoms with E-state index in [0.29, 0.717) is 39.3 Å². The van der Waals surface area contributed by atoms with E-state index < -0.39 is 5.91 Å². The maximum absolute atomic E-state index is 13.5. The number of rotatable bonds is 8. The molecule has 9 nitrogen and oxygen atoms in total. The first-order valence-corrected chi connectivity index (χ1v) is 11.1. The zero-order chi connectivity index (χ0) is 26.0. The molecular formula is C27H26N6O3. The van der Waals surface area contributed by atoms with Gasteiger partial charge in [0, 0.05) is 28.1 Å². The number of hydrogen-bond acceptors (Lipinski definition) is 5. The molecule has 0 aliphatic carbocycles. The van der Waals surface area contributed by atoms with Crippen molar-refractivity contribution in [3.63, 3.8) is 0 Å². The fraction of sp³-hybridized carbons (Fsp3) is 0.111. The predicted molar refractivity (Wildman–Crippen MR) is 140 cm³/mol. The number of aryl methyl sites for hydroxylation is 1. The number of benzene rings is 3. The fourth-order valence-corrected chi connectivity index (χ4v) is 4.09. The minimum Gasteiger partial charge on any atom is -0.457 e. The van der Waals surface area contributed by atoms with Crippen LogP contribution in [0, 0.1) is 17.7 Å². The van der Waals surface area contributed by atoms with E-state index in [-0.39, 0.29) is 30.2 Å². The van der Waals surface area contributed by atoms with Crippen molar-refractivity contribution in [3.05, 3.63) is 105 Å². The molecule has 3 aromatic carbocycles. The molecule has 4 aromatic rings. The highest BCUT2D eigenvalue weighted by Gasteiger charge is 2.17. The van der Waals surface area contributed by atoms with Crippen LogP contribution in [-0.4, -0.2) is 22.1 Å². The lowest BCUT2D eigenvalue weighted by Crippen LogP contribution is -2.29. The Morgan fingerprint density at radius 3 is 2.19 bits per heavy atom. The van der Waals surface area contributed by atoms with Gasteiger partial charge in [0.15, 0.2) is 0 Å². The molecule has 0 fully saturated rings. The van der Waals surface area contributed by atoms with Gasteiger partial charge in [-0.3, -0.25) is 20.4 Å². The van der Waals surface area contributed by atoms with Crippen LogP contribution in [0.2, 0.25) is 0 Å². The largest absolute Gasteiger partial charge is 0.457 e. The Hall–Kier alpha value is -4.92. The maximum Gasteiger partial charge on any atom is 0.255 e. The molecule has 36 heavy (non-hydrogen) atoms. The number of nitrogens with zero attached hydrogens (tertiary/aromatic N) is 1. The highest BCUT2D eigenvalue weighted by molar-refractivity contribution is 5.95. The maximum atomic E-state index is 13.5. The monoisotopic (exact) mass is 482 g/mol. The van der Waals surface area contributed by atoms with Crippen molar-refractivity contribution < 1.29 is 9.53 Å². The summed E-state index contributed by atoms with van der Waals surface area (Å²) in [4.78, 5) is 25.2. The number of aromatic nitrogens is 1. The van der Waals surface area contributed by atoms with Gasteiger partial charge < -0.3 is 26.5 Å². The lowest BCUT2D eigenvalue weighted by atomic mass is 10.0. The van der Waals surface area contributed by atoms with Gasteiger partial charge >= 0.3 is 0 Å². The lowest BCUT2D eigenvalue weighted by molar-refractivity contribution is -0.117. The zero-order valence-corrected chi connectivity index (χ0v) is 19.7. The average molecular weight is 483 g/mol. The summed E-state index contributed by atoms with van der Waals surface area (Å²) in [6.07, 6.45) is -0.167. The van der Waals surface area contributed by atoms with Crippen LogP contribution in [0.15, 0.2) is 71.5 Å². The van der Waals surface area contributed by atoms with Crippen molar-refractivity contribution in [2.24, 2.45) is 17.2 Å². The molecule has 0 aliphatic heterocycles. The third kappa shape index (κ3) is 4.95. The van der Waals surface area contributed by atoms with E-state index in [4.69, 9.17) is 32.8 Å². The number of pyridine rings is 1. The Bertz CT molecular complexity index is 1570. The van der Waals surface area contributed by atoms with Crippen LogP contribution in [0.5, 0.6) is 11.5 Å². The third-order valence-corrected chi connectivity index (χ3v) is 5.96. The highest BCUT2D eigenvalue weighted by atomic mass is 16.5. The van der Waals surface area contributed by atoms with E-state index in [1.54, 1.807) is 72.2 Å². The summed E-state index contributed by atoms with van der Waals surface area (Å²) in [6.45, 7) is 2.02. The first kappa shape index (κ1) is 24.2. The number of nitrogens with two attached hydrogens (primary N) is 3. The Labute approximate surface area is 207 Å². The Morgan fingerprint density at radius 1 is 0.889 bits per heavy atom. The van der Waals surface area contributed by atoms with Crippen LogP contribution in [-0.2, 0) is 17.8 Å². The summed E-state index contributed by atoms with van der Waals surface area (Å²) >= 11 is 0. The van der Waals surface area contributed by atoms with Gasteiger partial charge in [-0.2, -0.15) is 0 Å². The molecule has 0 spiro atoms. The summed E-state index contributed by atoms with van der Waals surface area (Å²) in [5, 5.41) is 16.0. The minimum absolute atomic E-state index is 0.0427. The second-order valence-corrected chi connectivity index (χ2v) is 8.47. The van der Waals surface area contributed by atoms with Crippen molar-refractivity contribution in [2.75, 3.05) is 0 Å². The predicted octanol–water partition coefficient (Wildman–Crippen LogP) is 2.75. The molecule has 1 amide bonds. The van der Waals surface area contributed by atoms with Crippen LogP contribution in [0.25, 0.3) is 10.9 Å². The number of primary amides is 1. The molecule has 9 heteroatoms. The summed E-state index contributed by atoms with van der Waals surface area (Å²) in [6, 6.07) is 19.3. The molecule has 0 atom stereocenters. The van der Waals surface area contributed by atoms with Gasteiger partial charge in [0.05, 0.1) is 18.5 Å². The highest BCUT2D eigenvalue weighted by Crippen LogP contribution is 2.29. The number of ether oxygens (including phenoxy) is 1. The first-order valence-electron chi connectivity index (χ1n) is 11.1. The van der Waals surface area contributed by atoms with Gasteiger partial charge in [0.25, 0.3) is 5.56 Å². The van der Waals surface area contributed by atoms with E-state index in [2.05, 4.69) is 0 Å². The van der Waals surface area contributed by atoms with E-state index in [9.17, 15) is 9.59 Å². The van der Waals surface area contributed by atoms with E-state index in [1.807, 2.05) is 6.07 Å². The number of amidine groups is 2. The van der Waals surface area contributed by atoms with Crippen molar-refractivity contribution in [2.45, 2.75) is 19.9 Å². The summed E-state index contributed by atoms with van der Waals surface area (Å²) in [5.74, 6) is 0.292. The smallest absolute Gasteiger partial charge is 0.255 e. The molecule has 4 rings (SSSR count). The Kier molecular flexibility index (Phi) is 6.56. The molecular weight excluding hydrogens is 456 g/mol. The number of amides is 1. The van der Waals surface area contributed by atoms with Crippen molar-refractivity contribution >= 4 is 28.5 Å². The lowest BCUT2D eigenvalue weighted by Gasteiger charge is -2.17. The second-order valence-electron chi connectivity index (χ2n) is 8.47. The molecule has 182 valence electrons. The third-order valence-electron chi connectivity index (χ3n) is 5.96. The normalized spacial score (nSPS) is 10.8. The first-order chi connectivity index (χ1) is 17.1. The van der Waals surface area contributed by atoms with Crippen LogP contribution in [0.1, 0.15) is 27.8 Å². The number of nitrogens with one attached hydrogen (secondary N) is 2. The topological polar surface area (TPSA) is 174 Å². The number of fused-ring (bicyclic) bond motifs is 1. The van der Waals surface area contributed by atoms with Crippen molar-refractivity contribution in [1.82, 2.24) is 4.57 Å². The summed E-state index contributed by atoms with van der Waals surface area (Å²) in [7, 11) is 0. The van der Waals surface area contributed by atoms with Crippen LogP contribution in [0.4, 0.5) is 0 Å². The van der Waals surface area contributed by atoms with E-state index in [0.717, 1.165) is 10.9 Å². The Morgan fingerprint density at radius 2 is 1.56 bits per heavy atom. The molecule has 0 saturated carbocycles. The Balaban J connectivity index is 1.84. The summed E-state index contributed by atoms with van der Waals surface area (Å²) in [5.41, 5.74) is 19.9. The van der Waals surface area contributed by atoms with Crippen LogP contribution >= 0.6 is 0 Å². The molecule has 0 saturated heterocycles. The molecule has 0 unspecified atom stereocenters. The van der Waals surface area contributed by atoms with Crippen molar-refractivity contribution in [3.8, 4) is 11.5 Å². The quantitative estimate of drug-likeness (QED) is 0.191.